The molecule has 0 unspecified atom stereocenters. The van der Waals surface area contributed by atoms with E-state index >= 15 is 0 Å². The number of hydrogen-bond donors (Lipinski definition) is 1. The fraction of sp³-hybridized carbons (Fsp3) is 0.250. The number of benzene rings is 1. The molecule has 0 aliphatic heterocycles. The van der Waals surface area contributed by atoms with Crippen molar-refractivity contribution in [3.63, 3.8) is 0 Å². The maximum absolute atomic E-state index is 13.3. The second-order valence-electron chi connectivity index (χ2n) is 2.78. The summed E-state index contributed by atoms with van der Waals surface area (Å²) in [5.74, 6) is -2.38. The quantitative estimate of drug-likeness (QED) is 0.807. The summed E-state index contributed by atoms with van der Waals surface area (Å²) in [5.41, 5.74) is -0.244. The maximum atomic E-state index is 13.3. The Bertz CT molecular complexity index is 454. The minimum absolute atomic E-state index is 0.244. The van der Waals surface area contributed by atoms with Crippen molar-refractivity contribution in [1.29, 1.82) is 0 Å². The van der Waals surface area contributed by atoms with Gasteiger partial charge in [0.05, 0.1) is 6.61 Å². The van der Waals surface area contributed by atoms with Crippen LogP contribution in [0.15, 0.2) is 17.0 Å². The molecule has 6 heteroatoms. The van der Waals surface area contributed by atoms with Gasteiger partial charge in [-0.25, -0.2) is 17.2 Å². The number of aliphatic hydroxyl groups excluding tert-OH is 1. The summed E-state index contributed by atoms with van der Waals surface area (Å²) < 4.78 is 48.2. The van der Waals surface area contributed by atoms with E-state index in [0.29, 0.717) is 6.26 Å². The van der Waals surface area contributed by atoms with Crippen molar-refractivity contribution in [3.8, 4) is 0 Å². The lowest BCUT2D eigenvalue weighted by Gasteiger charge is -2.05. The molecule has 1 aromatic rings. The van der Waals surface area contributed by atoms with Crippen LogP contribution >= 0.6 is 0 Å². The van der Waals surface area contributed by atoms with Crippen molar-refractivity contribution in [2.45, 2.75) is 11.5 Å². The fourth-order valence-corrected chi connectivity index (χ4v) is 1.91. The summed E-state index contributed by atoms with van der Waals surface area (Å²) in [7, 11) is -3.96. The van der Waals surface area contributed by atoms with E-state index in [2.05, 4.69) is 0 Å². The van der Waals surface area contributed by atoms with Crippen LogP contribution in [-0.4, -0.2) is 19.8 Å². The van der Waals surface area contributed by atoms with E-state index < -0.39 is 33.0 Å². The summed E-state index contributed by atoms with van der Waals surface area (Å²) >= 11 is 0. The van der Waals surface area contributed by atoms with Crippen LogP contribution in [0.1, 0.15) is 5.56 Å². The Balaban J connectivity index is 3.57. The largest absolute Gasteiger partial charge is 0.392 e. The van der Waals surface area contributed by atoms with Crippen molar-refractivity contribution in [1.82, 2.24) is 0 Å². The van der Waals surface area contributed by atoms with Gasteiger partial charge in [0, 0.05) is 11.8 Å². The van der Waals surface area contributed by atoms with E-state index in [-0.39, 0.29) is 5.56 Å². The van der Waals surface area contributed by atoms with Crippen molar-refractivity contribution in [2.24, 2.45) is 0 Å². The second-order valence-corrected chi connectivity index (χ2v) is 4.73. The van der Waals surface area contributed by atoms with Crippen LogP contribution < -0.4 is 0 Å². The zero-order chi connectivity index (χ0) is 10.9. The van der Waals surface area contributed by atoms with Gasteiger partial charge >= 0.3 is 0 Å². The summed E-state index contributed by atoms with van der Waals surface area (Å²) in [5, 5.41) is 8.64. The molecule has 0 saturated carbocycles. The molecule has 14 heavy (non-hydrogen) atoms. The number of aliphatic hydroxyl groups is 1. The number of sulfone groups is 1. The molecule has 0 aliphatic carbocycles. The molecule has 0 saturated heterocycles. The normalized spacial score (nSPS) is 11.7. The summed E-state index contributed by atoms with van der Waals surface area (Å²) in [6.45, 7) is -0.672. The molecule has 0 aliphatic rings. The van der Waals surface area contributed by atoms with Crippen LogP contribution in [0.2, 0.25) is 0 Å². The first-order chi connectivity index (χ1) is 6.38. The zero-order valence-corrected chi connectivity index (χ0v) is 8.11. The molecule has 0 spiro atoms. The molecule has 1 N–H and O–H groups in total. The highest BCUT2D eigenvalue weighted by Crippen LogP contribution is 2.21. The molecule has 3 nitrogen and oxygen atoms in total. The molecule has 0 radical (unpaired) electrons. The van der Waals surface area contributed by atoms with Gasteiger partial charge in [-0.15, -0.1) is 0 Å². The SMILES string of the molecule is CS(=O)(=O)c1c(F)ccc(CO)c1F. The molecule has 0 aromatic heterocycles. The van der Waals surface area contributed by atoms with Crippen molar-refractivity contribution in [2.75, 3.05) is 6.26 Å². The van der Waals surface area contributed by atoms with Gasteiger partial charge in [0.1, 0.15) is 16.5 Å². The van der Waals surface area contributed by atoms with Crippen LogP contribution in [0.5, 0.6) is 0 Å². The molecule has 0 heterocycles. The van der Waals surface area contributed by atoms with Crippen LogP contribution in [-0.2, 0) is 16.4 Å². The van der Waals surface area contributed by atoms with E-state index in [1.807, 2.05) is 0 Å². The number of rotatable bonds is 2. The Morgan fingerprint density at radius 3 is 2.36 bits per heavy atom. The molecular formula is C8H8F2O3S. The molecule has 1 rings (SSSR count). The Morgan fingerprint density at radius 2 is 1.93 bits per heavy atom. The zero-order valence-electron chi connectivity index (χ0n) is 7.29. The fourth-order valence-electron chi connectivity index (χ4n) is 1.04. The lowest BCUT2D eigenvalue weighted by Crippen LogP contribution is -2.07. The minimum atomic E-state index is -3.96. The van der Waals surface area contributed by atoms with E-state index in [9.17, 15) is 17.2 Å². The lowest BCUT2D eigenvalue weighted by molar-refractivity contribution is 0.274. The number of halogens is 2. The van der Waals surface area contributed by atoms with Crippen molar-refractivity contribution >= 4 is 9.84 Å². The van der Waals surface area contributed by atoms with Crippen LogP contribution in [0, 0.1) is 11.6 Å². The van der Waals surface area contributed by atoms with Gasteiger partial charge in [-0.2, -0.15) is 0 Å². The van der Waals surface area contributed by atoms with E-state index in [1.54, 1.807) is 0 Å². The highest BCUT2D eigenvalue weighted by molar-refractivity contribution is 7.90. The lowest BCUT2D eigenvalue weighted by atomic mass is 10.2. The maximum Gasteiger partial charge on any atom is 0.181 e. The monoisotopic (exact) mass is 222 g/mol. The summed E-state index contributed by atoms with van der Waals surface area (Å²) in [6, 6.07) is 1.81. The molecular weight excluding hydrogens is 214 g/mol. The smallest absolute Gasteiger partial charge is 0.181 e. The predicted molar refractivity (Wildman–Crippen MR) is 45.4 cm³/mol. The Morgan fingerprint density at radius 1 is 1.36 bits per heavy atom. The van der Waals surface area contributed by atoms with E-state index in [1.165, 1.54) is 0 Å². The molecule has 0 fully saturated rings. The van der Waals surface area contributed by atoms with E-state index in [0.717, 1.165) is 12.1 Å². The van der Waals surface area contributed by atoms with Gasteiger partial charge in [-0.1, -0.05) is 6.07 Å². The minimum Gasteiger partial charge on any atom is -0.392 e. The predicted octanol–water partition coefficient (Wildman–Crippen LogP) is 0.861. The van der Waals surface area contributed by atoms with Gasteiger partial charge in [0.2, 0.25) is 0 Å². The van der Waals surface area contributed by atoms with Crippen LogP contribution in [0.3, 0.4) is 0 Å². The van der Waals surface area contributed by atoms with Crippen LogP contribution in [0.4, 0.5) is 8.78 Å². The average molecular weight is 222 g/mol. The van der Waals surface area contributed by atoms with Gasteiger partial charge in [0.15, 0.2) is 9.84 Å². The third kappa shape index (κ3) is 1.91. The highest BCUT2D eigenvalue weighted by Gasteiger charge is 2.21. The highest BCUT2D eigenvalue weighted by atomic mass is 32.2. The van der Waals surface area contributed by atoms with Crippen molar-refractivity contribution in [3.05, 3.63) is 29.3 Å². The first-order valence-corrected chi connectivity index (χ1v) is 5.55. The third-order valence-electron chi connectivity index (χ3n) is 1.67. The summed E-state index contributed by atoms with van der Waals surface area (Å²) in [4.78, 5) is -0.996. The van der Waals surface area contributed by atoms with Gasteiger partial charge in [-0.3, -0.25) is 0 Å². The molecule has 0 amide bonds. The number of hydrogen-bond acceptors (Lipinski definition) is 3. The first kappa shape index (κ1) is 11.1. The molecule has 0 bridgehead atoms. The molecule has 1 aromatic carbocycles. The van der Waals surface area contributed by atoms with Crippen molar-refractivity contribution < 1.29 is 22.3 Å². The standard InChI is InChI=1S/C8H8F2O3S/c1-14(12,13)8-6(9)3-2-5(4-11)7(8)10/h2-3,11H,4H2,1H3. The molecule has 78 valence electrons. The second kappa shape index (κ2) is 3.62. The first-order valence-electron chi connectivity index (χ1n) is 3.65. The summed E-state index contributed by atoms with van der Waals surface area (Å²) in [6.07, 6.45) is 0.704. The Labute approximate surface area is 79.9 Å². The third-order valence-corrected chi connectivity index (χ3v) is 2.79. The molecule has 0 atom stereocenters. The van der Waals surface area contributed by atoms with Crippen LogP contribution in [0.25, 0.3) is 0 Å². The average Bonchev–Trinajstić information content (AvgIpc) is 2.02. The van der Waals surface area contributed by atoms with E-state index in [4.69, 9.17) is 5.11 Å². The Hall–Kier alpha value is -1.01. The van der Waals surface area contributed by atoms with Gasteiger partial charge in [-0.05, 0) is 6.07 Å². The Kier molecular flexibility index (Phi) is 2.86. The van der Waals surface area contributed by atoms with Gasteiger partial charge in [0.25, 0.3) is 0 Å². The van der Waals surface area contributed by atoms with Gasteiger partial charge < -0.3 is 5.11 Å². The topological polar surface area (TPSA) is 54.4 Å².